The van der Waals surface area contributed by atoms with Gasteiger partial charge < -0.3 is 10.0 Å². The fourth-order valence-electron chi connectivity index (χ4n) is 2.31. The van der Waals surface area contributed by atoms with Crippen LogP contribution in [-0.2, 0) is 4.79 Å². The summed E-state index contributed by atoms with van der Waals surface area (Å²) in [6, 6.07) is 13.5. The van der Waals surface area contributed by atoms with Crippen LogP contribution in [0.15, 0.2) is 36.4 Å². The predicted octanol–water partition coefficient (Wildman–Crippen LogP) is 2.18. The lowest BCUT2D eigenvalue weighted by molar-refractivity contribution is -0.130. The van der Waals surface area contributed by atoms with Crippen LogP contribution < -0.4 is 14.0 Å². The zero-order valence-corrected chi connectivity index (χ0v) is 13.9. The van der Waals surface area contributed by atoms with Crippen LogP contribution in [0.25, 0.3) is 11.6 Å². The van der Waals surface area contributed by atoms with E-state index in [9.17, 15) is 4.79 Å². The van der Waals surface area contributed by atoms with E-state index in [0.717, 1.165) is 23.2 Å². The van der Waals surface area contributed by atoms with Crippen molar-refractivity contribution in [1.29, 1.82) is 5.26 Å². The minimum absolute atomic E-state index is 0.216. The van der Waals surface area contributed by atoms with Gasteiger partial charge in [0.05, 0.1) is 4.53 Å². The highest BCUT2D eigenvalue weighted by Gasteiger charge is 2.07. The van der Waals surface area contributed by atoms with Crippen molar-refractivity contribution in [2.45, 2.75) is 13.8 Å². The second kappa shape index (κ2) is 7.61. The normalized spacial score (nSPS) is 12.7. The molecule has 1 N–H and O–H groups in total. The molecule has 1 aromatic heterocycles. The molecule has 0 aliphatic rings. The third-order valence-corrected chi connectivity index (χ3v) is 4.58. The molecular formula is C18H18N2O2S. The van der Waals surface area contributed by atoms with E-state index in [1.165, 1.54) is 17.0 Å². The number of aliphatic carboxylic acids is 1. The van der Waals surface area contributed by atoms with E-state index in [0.29, 0.717) is 4.53 Å². The van der Waals surface area contributed by atoms with Crippen LogP contribution in [0.5, 0.6) is 0 Å². The molecule has 1 heterocycles. The van der Waals surface area contributed by atoms with Gasteiger partial charge in [0, 0.05) is 23.3 Å². The Balaban J connectivity index is 2.35. The average Bonchev–Trinajstić information content (AvgIpc) is 2.98. The van der Waals surface area contributed by atoms with Crippen molar-refractivity contribution < 1.29 is 9.90 Å². The van der Waals surface area contributed by atoms with Crippen LogP contribution >= 0.6 is 11.3 Å². The van der Waals surface area contributed by atoms with Gasteiger partial charge in [-0.1, -0.05) is 12.1 Å². The summed E-state index contributed by atoms with van der Waals surface area (Å²) in [7, 11) is 0. The lowest BCUT2D eigenvalue weighted by atomic mass is 10.2. The van der Waals surface area contributed by atoms with Crippen LogP contribution in [-0.4, -0.2) is 24.2 Å². The lowest BCUT2D eigenvalue weighted by Gasteiger charge is -2.20. The van der Waals surface area contributed by atoms with Crippen LogP contribution in [0.4, 0.5) is 5.69 Å². The Morgan fingerprint density at radius 1 is 1.22 bits per heavy atom. The largest absolute Gasteiger partial charge is 0.477 e. The number of benzene rings is 1. The molecule has 23 heavy (non-hydrogen) atoms. The van der Waals surface area contributed by atoms with E-state index in [1.807, 2.05) is 24.3 Å². The first kappa shape index (κ1) is 16.8. The summed E-state index contributed by atoms with van der Waals surface area (Å²) in [4.78, 5) is 13.3. The number of hydrogen-bond acceptors (Lipinski definition) is 4. The van der Waals surface area contributed by atoms with Crippen LogP contribution in [0.1, 0.15) is 19.4 Å². The fraction of sp³-hybridized carbons (Fsp3) is 0.222. The van der Waals surface area contributed by atoms with Gasteiger partial charge in [0.15, 0.2) is 5.57 Å². The number of nitrogens with zero attached hydrogens (tertiary/aromatic N) is 2. The first-order chi connectivity index (χ1) is 11.1. The zero-order chi connectivity index (χ0) is 16.8. The smallest absolute Gasteiger partial charge is 0.347 e. The molecule has 2 aromatic rings. The van der Waals surface area contributed by atoms with E-state index in [4.69, 9.17) is 10.4 Å². The molecular weight excluding hydrogens is 308 g/mol. The topological polar surface area (TPSA) is 64.3 Å². The number of carboxylic acid groups (broad SMARTS) is 1. The minimum Gasteiger partial charge on any atom is -0.477 e. The van der Waals surface area contributed by atoms with E-state index in [2.05, 4.69) is 30.9 Å². The Morgan fingerprint density at radius 2 is 1.87 bits per heavy atom. The van der Waals surface area contributed by atoms with Crippen molar-refractivity contribution in [2.24, 2.45) is 0 Å². The van der Waals surface area contributed by atoms with Gasteiger partial charge in [0.25, 0.3) is 0 Å². The first-order valence-corrected chi connectivity index (χ1v) is 8.21. The number of nitriles is 1. The standard InChI is InChI=1S/C18H18N2O2S/c1-3-20(4-2)14-7-5-13(6-8-14)11-15-9-10-17(23-15)16(12-19)18(21)22/h5-11H,3-4H2,1-2H3,(H,21,22)/b15-11-,17-16-. The molecule has 0 bridgehead atoms. The Bertz CT molecular complexity index is 840. The minimum atomic E-state index is -1.19. The second-order valence-electron chi connectivity index (χ2n) is 4.90. The summed E-state index contributed by atoms with van der Waals surface area (Å²) in [6.07, 6.45) is 1.98. The summed E-state index contributed by atoms with van der Waals surface area (Å²) in [6.45, 7) is 6.19. The van der Waals surface area contributed by atoms with Gasteiger partial charge in [-0.2, -0.15) is 5.26 Å². The number of anilines is 1. The maximum atomic E-state index is 11.0. The third-order valence-electron chi connectivity index (χ3n) is 3.53. The molecule has 4 nitrogen and oxygen atoms in total. The molecule has 2 rings (SSSR count). The lowest BCUT2D eigenvalue weighted by Crippen LogP contribution is -2.21. The highest BCUT2D eigenvalue weighted by atomic mass is 32.1. The number of carbonyl (C=O) groups is 1. The molecule has 0 aliphatic heterocycles. The van der Waals surface area contributed by atoms with Gasteiger partial charge in [0.1, 0.15) is 6.07 Å². The van der Waals surface area contributed by atoms with E-state index in [-0.39, 0.29) is 5.57 Å². The maximum absolute atomic E-state index is 11.0. The summed E-state index contributed by atoms with van der Waals surface area (Å²) >= 11 is 1.30. The molecule has 0 saturated carbocycles. The number of rotatable bonds is 5. The molecule has 0 atom stereocenters. The number of thiophene rings is 1. The van der Waals surface area contributed by atoms with Gasteiger partial charge in [-0.15, -0.1) is 11.3 Å². The maximum Gasteiger partial charge on any atom is 0.347 e. The van der Waals surface area contributed by atoms with Gasteiger partial charge in [-0.05, 0) is 49.8 Å². The van der Waals surface area contributed by atoms with E-state index < -0.39 is 5.97 Å². The number of carboxylic acids is 1. The first-order valence-electron chi connectivity index (χ1n) is 7.39. The highest BCUT2D eigenvalue weighted by Crippen LogP contribution is 2.15. The fourth-order valence-corrected chi connectivity index (χ4v) is 3.26. The zero-order valence-electron chi connectivity index (χ0n) is 13.1. The van der Waals surface area contributed by atoms with Gasteiger partial charge in [0.2, 0.25) is 0 Å². The summed E-state index contributed by atoms with van der Waals surface area (Å²) in [5, 5.41) is 17.9. The molecule has 0 unspecified atom stereocenters. The Morgan fingerprint density at radius 3 is 2.39 bits per heavy atom. The molecule has 0 amide bonds. The van der Waals surface area contributed by atoms with Crippen LogP contribution in [0.3, 0.4) is 0 Å². The Labute approximate surface area is 139 Å². The van der Waals surface area contributed by atoms with Gasteiger partial charge >= 0.3 is 5.97 Å². The summed E-state index contributed by atoms with van der Waals surface area (Å²) in [5.74, 6) is -1.19. The summed E-state index contributed by atoms with van der Waals surface area (Å²) < 4.78 is 1.40. The van der Waals surface area contributed by atoms with Gasteiger partial charge in [-0.25, -0.2) is 4.79 Å². The molecule has 5 heteroatoms. The van der Waals surface area contributed by atoms with Crippen molar-refractivity contribution >= 4 is 34.6 Å². The monoisotopic (exact) mass is 326 g/mol. The molecule has 1 aromatic carbocycles. The molecule has 0 aliphatic carbocycles. The predicted molar refractivity (Wildman–Crippen MR) is 93.8 cm³/mol. The third kappa shape index (κ3) is 3.99. The van der Waals surface area contributed by atoms with Crippen molar-refractivity contribution in [3.05, 3.63) is 51.0 Å². The van der Waals surface area contributed by atoms with Crippen molar-refractivity contribution in [3.8, 4) is 6.07 Å². The van der Waals surface area contributed by atoms with Crippen LogP contribution in [0, 0.1) is 11.3 Å². The molecule has 0 spiro atoms. The van der Waals surface area contributed by atoms with Crippen molar-refractivity contribution in [2.75, 3.05) is 18.0 Å². The number of hydrogen-bond donors (Lipinski definition) is 1. The quantitative estimate of drug-likeness (QED) is 0.915. The molecule has 0 radical (unpaired) electrons. The van der Waals surface area contributed by atoms with Crippen LogP contribution in [0.2, 0.25) is 0 Å². The van der Waals surface area contributed by atoms with Crippen molar-refractivity contribution in [3.63, 3.8) is 0 Å². The van der Waals surface area contributed by atoms with Gasteiger partial charge in [-0.3, -0.25) is 0 Å². The molecule has 0 saturated heterocycles. The highest BCUT2D eigenvalue weighted by molar-refractivity contribution is 7.08. The molecule has 118 valence electrons. The Hall–Kier alpha value is -2.58. The van der Waals surface area contributed by atoms with E-state index >= 15 is 0 Å². The Kier molecular flexibility index (Phi) is 5.56. The van der Waals surface area contributed by atoms with E-state index in [1.54, 1.807) is 12.1 Å². The second-order valence-corrected chi connectivity index (χ2v) is 6.02. The SMILES string of the molecule is CCN(CC)c1ccc(/C=c2/cc/c(=C(\C#N)C(=O)O)s2)cc1. The summed E-state index contributed by atoms with van der Waals surface area (Å²) in [5.41, 5.74) is 2.01. The molecule has 0 fully saturated rings. The van der Waals surface area contributed by atoms with Crippen molar-refractivity contribution in [1.82, 2.24) is 0 Å². The average molecular weight is 326 g/mol.